The lowest BCUT2D eigenvalue weighted by atomic mass is 9.72. The van der Waals surface area contributed by atoms with E-state index in [2.05, 4.69) is 31.3 Å². The van der Waals surface area contributed by atoms with Crippen molar-refractivity contribution in [1.82, 2.24) is 24.4 Å². The molecule has 6 rings (SSSR count). The SMILES string of the molecule is Cc1nc2c(n1CC1CC1)CN(CC1CC1)CC21CCN(c2ncccn2)CC1. The fourth-order valence-electron chi connectivity index (χ4n) is 5.55. The van der Waals surface area contributed by atoms with Gasteiger partial charge in [0.2, 0.25) is 5.95 Å². The molecule has 3 fully saturated rings. The number of rotatable bonds is 5. The monoisotopic (exact) mass is 392 g/mol. The van der Waals surface area contributed by atoms with E-state index in [9.17, 15) is 0 Å². The highest BCUT2D eigenvalue weighted by atomic mass is 15.3. The third-order valence-corrected chi connectivity index (χ3v) is 7.57. The van der Waals surface area contributed by atoms with E-state index in [1.807, 2.05) is 18.5 Å². The first-order valence-electron chi connectivity index (χ1n) is 11.5. The highest BCUT2D eigenvalue weighted by Gasteiger charge is 2.46. The van der Waals surface area contributed by atoms with Crippen LogP contribution in [0, 0.1) is 18.8 Å². The van der Waals surface area contributed by atoms with Crippen molar-refractivity contribution in [3.63, 3.8) is 0 Å². The molecular formula is C23H32N6. The number of nitrogens with zero attached hydrogens (tertiary/aromatic N) is 6. The van der Waals surface area contributed by atoms with Crippen molar-refractivity contribution in [1.29, 1.82) is 0 Å². The highest BCUT2D eigenvalue weighted by molar-refractivity contribution is 5.36. The molecule has 2 aromatic heterocycles. The Balaban J connectivity index is 1.30. The first-order chi connectivity index (χ1) is 14.2. The van der Waals surface area contributed by atoms with Gasteiger partial charge in [-0.25, -0.2) is 15.0 Å². The molecule has 1 saturated heterocycles. The first kappa shape index (κ1) is 17.9. The maximum atomic E-state index is 5.22. The van der Waals surface area contributed by atoms with E-state index in [1.54, 1.807) is 0 Å². The second-order valence-electron chi connectivity index (χ2n) is 9.94. The zero-order valence-electron chi connectivity index (χ0n) is 17.6. The second kappa shape index (κ2) is 6.79. The van der Waals surface area contributed by atoms with Gasteiger partial charge >= 0.3 is 0 Å². The number of aryl methyl sites for hydroxylation is 1. The van der Waals surface area contributed by atoms with E-state index < -0.39 is 0 Å². The van der Waals surface area contributed by atoms with E-state index in [-0.39, 0.29) is 5.41 Å². The van der Waals surface area contributed by atoms with Gasteiger partial charge in [0.15, 0.2) is 0 Å². The zero-order valence-corrected chi connectivity index (χ0v) is 17.6. The predicted molar refractivity (Wildman–Crippen MR) is 113 cm³/mol. The molecule has 4 heterocycles. The number of anilines is 1. The summed E-state index contributed by atoms with van der Waals surface area (Å²) in [5.41, 5.74) is 3.16. The van der Waals surface area contributed by atoms with Gasteiger partial charge in [0.25, 0.3) is 0 Å². The average Bonchev–Trinajstić information content (AvgIpc) is 3.66. The first-order valence-corrected chi connectivity index (χ1v) is 11.5. The fourth-order valence-corrected chi connectivity index (χ4v) is 5.55. The van der Waals surface area contributed by atoms with Gasteiger partial charge in [-0.2, -0.15) is 0 Å². The number of hydrogen-bond donors (Lipinski definition) is 0. The molecule has 0 unspecified atom stereocenters. The Labute approximate surface area is 173 Å². The van der Waals surface area contributed by atoms with Crippen LogP contribution in [0.15, 0.2) is 18.5 Å². The maximum Gasteiger partial charge on any atom is 0.225 e. The summed E-state index contributed by atoms with van der Waals surface area (Å²) in [4.78, 5) is 19.3. The maximum absolute atomic E-state index is 5.22. The number of hydrogen-bond acceptors (Lipinski definition) is 5. The molecule has 2 aliphatic heterocycles. The van der Waals surface area contributed by atoms with E-state index in [0.29, 0.717) is 0 Å². The summed E-state index contributed by atoms with van der Waals surface area (Å²) in [6, 6.07) is 1.90. The van der Waals surface area contributed by atoms with Crippen LogP contribution in [0.3, 0.4) is 0 Å². The standard InChI is InChI=1S/C23H32N6/c1-17-26-21-20(29(17)14-19-5-6-19)15-27(13-18-3-4-18)16-23(21)7-11-28(12-8-23)22-24-9-2-10-25-22/h2,9-10,18-19H,3-8,11-16H2,1H3. The van der Waals surface area contributed by atoms with Crippen LogP contribution in [-0.2, 0) is 18.5 Å². The highest BCUT2D eigenvalue weighted by Crippen LogP contribution is 2.44. The normalized spacial score (nSPS) is 24.1. The molecule has 0 bridgehead atoms. The molecule has 0 aromatic carbocycles. The lowest BCUT2D eigenvalue weighted by Gasteiger charge is -2.47. The molecule has 0 atom stereocenters. The third kappa shape index (κ3) is 3.35. The Morgan fingerprint density at radius 1 is 1.00 bits per heavy atom. The Morgan fingerprint density at radius 3 is 2.38 bits per heavy atom. The number of imidazole rings is 1. The average molecular weight is 393 g/mol. The summed E-state index contributed by atoms with van der Waals surface area (Å²) in [5.74, 6) is 3.94. The number of piperidine rings is 1. The molecule has 6 heteroatoms. The van der Waals surface area contributed by atoms with Crippen LogP contribution in [-0.4, -0.2) is 50.6 Å². The molecule has 1 spiro atoms. The van der Waals surface area contributed by atoms with Gasteiger partial charge in [-0.15, -0.1) is 0 Å². The van der Waals surface area contributed by atoms with Gasteiger partial charge < -0.3 is 9.47 Å². The van der Waals surface area contributed by atoms with E-state index in [1.165, 1.54) is 62.5 Å². The molecule has 29 heavy (non-hydrogen) atoms. The molecular weight excluding hydrogens is 360 g/mol. The Bertz CT molecular complexity index is 874. The van der Waals surface area contributed by atoms with Crippen molar-refractivity contribution < 1.29 is 0 Å². The van der Waals surface area contributed by atoms with Gasteiger partial charge in [0.1, 0.15) is 5.82 Å². The molecule has 6 nitrogen and oxygen atoms in total. The molecule has 0 N–H and O–H groups in total. The van der Waals surface area contributed by atoms with Crippen molar-refractivity contribution in [3.05, 3.63) is 35.7 Å². The Kier molecular flexibility index (Phi) is 4.19. The number of fused-ring (bicyclic) bond motifs is 2. The summed E-state index contributed by atoms with van der Waals surface area (Å²) in [6.07, 6.45) is 11.7. The topological polar surface area (TPSA) is 50.1 Å². The van der Waals surface area contributed by atoms with Crippen molar-refractivity contribution in [3.8, 4) is 0 Å². The summed E-state index contributed by atoms with van der Waals surface area (Å²) in [7, 11) is 0. The van der Waals surface area contributed by atoms with Crippen molar-refractivity contribution in [2.75, 3.05) is 31.1 Å². The lowest BCUT2D eigenvalue weighted by Crippen LogP contribution is -2.53. The van der Waals surface area contributed by atoms with Crippen molar-refractivity contribution in [2.24, 2.45) is 11.8 Å². The molecule has 2 aromatic rings. The minimum Gasteiger partial charge on any atom is -0.341 e. The summed E-state index contributed by atoms with van der Waals surface area (Å²) >= 11 is 0. The molecule has 0 radical (unpaired) electrons. The van der Waals surface area contributed by atoms with Crippen molar-refractivity contribution >= 4 is 5.95 Å². The van der Waals surface area contributed by atoms with Gasteiger partial charge in [-0.1, -0.05) is 0 Å². The van der Waals surface area contributed by atoms with Crippen LogP contribution in [0.25, 0.3) is 0 Å². The molecule has 2 saturated carbocycles. The zero-order chi connectivity index (χ0) is 19.4. The molecule has 2 aliphatic carbocycles. The molecule has 4 aliphatic rings. The lowest BCUT2D eigenvalue weighted by molar-refractivity contribution is 0.140. The van der Waals surface area contributed by atoms with Crippen LogP contribution in [0.1, 0.15) is 55.7 Å². The molecule has 0 amide bonds. The third-order valence-electron chi connectivity index (χ3n) is 7.57. The predicted octanol–water partition coefficient (Wildman–Crippen LogP) is 3.16. The van der Waals surface area contributed by atoms with Crippen LogP contribution in [0.2, 0.25) is 0 Å². The summed E-state index contributed by atoms with van der Waals surface area (Å²) in [5, 5.41) is 0. The Hall–Kier alpha value is -1.95. The van der Waals surface area contributed by atoms with E-state index in [4.69, 9.17) is 4.98 Å². The van der Waals surface area contributed by atoms with Crippen molar-refractivity contribution in [2.45, 2.75) is 64.0 Å². The van der Waals surface area contributed by atoms with E-state index >= 15 is 0 Å². The van der Waals surface area contributed by atoms with Crippen LogP contribution >= 0.6 is 0 Å². The largest absolute Gasteiger partial charge is 0.341 e. The minimum absolute atomic E-state index is 0.202. The smallest absolute Gasteiger partial charge is 0.225 e. The van der Waals surface area contributed by atoms with Crippen LogP contribution in [0.5, 0.6) is 0 Å². The second-order valence-corrected chi connectivity index (χ2v) is 9.94. The van der Waals surface area contributed by atoms with E-state index in [0.717, 1.165) is 50.3 Å². The fraction of sp³-hybridized carbons (Fsp3) is 0.696. The van der Waals surface area contributed by atoms with Gasteiger partial charge in [-0.3, -0.25) is 4.90 Å². The van der Waals surface area contributed by atoms with Gasteiger partial charge in [0, 0.05) is 57.1 Å². The summed E-state index contributed by atoms with van der Waals surface area (Å²) in [6.45, 7) is 9.02. The van der Waals surface area contributed by atoms with Crippen LogP contribution < -0.4 is 4.90 Å². The Morgan fingerprint density at radius 2 is 1.69 bits per heavy atom. The number of aromatic nitrogens is 4. The van der Waals surface area contributed by atoms with Crippen LogP contribution in [0.4, 0.5) is 5.95 Å². The minimum atomic E-state index is 0.202. The summed E-state index contributed by atoms with van der Waals surface area (Å²) < 4.78 is 2.58. The van der Waals surface area contributed by atoms with Gasteiger partial charge in [0.05, 0.1) is 11.4 Å². The molecule has 154 valence electrons. The quantitative estimate of drug-likeness (QED) is 0.782. The van der Waals surface area contributed by atoms with Gasteiger partial charge in [-0.05, 0) is 63.4 Å².